The number of carbonyl (C=O) groups excluding carboxylic acids is 1. The van der Waals surface area contributed by atoms with E-state index in [-0.39, 0.29) is 5.92 Å². The summed E-state index contributed by atoms with van der Waals surface area (Å²) < 4.78 is 5.12. The molecule has 0 spiro atoms. The van der Waals surface area contributed by atoms with Crippen molar-refractivity contribution >= 4 is 5.78 Å². The SMILES string of the molecule is COc1ccc(C(=O)C2CC2C)c(C)c1. The van der Waals surface area contributed by atoms with Gasteiger partial charge >= 0.3 is 0 Å². The Kier molecular flexibility index (Phi) is 2.51. The molecule has 0 aliphatic heterocycles. The number of hydrogen-bond acceptors (Lipinski definition) is 2. The van der Waals surface area contributed by atoms with Crippen molar-refractivity contribution in [2.75, 3.05) is 7.11 Å². The fourth-order valence-corrected chi connectivity index (χ4v) is 1.93. The lowest BCUT2D eigenvalue weighted by molar-refractivity contribution is 0.0961. The summed E-state index contributed by atoms with van der Waals surface area (Å²) in [6.45, 7) is 4.09. The van der Waals surface area contributed by atoms with Crippen LogP contribution in [0.5, 0.6) is 5.75 Å². The van der Waals surface area contributed by atoms with Crippen LogP contribution in [0.15, 0.2) is 18.2 Å². The molecule has 1 fully saturated rings. The molecule has 2 rings (SSSR count). The monoisotopic (exact) mass is 204 g/mol. The van der Waals surface area contributed by atoms with Crippen LogP contribution in [0.3, 0.4) is 0 Å². The van der Waals surface area contributed by atoms with Gasteiger partial charge in [0.15, 0.2) is 5.78 Å². The quantitative estimate of drug-likeness (QED) is 0.708. The minimum Gasteiger partial charge on any atom is -0.497 e. The maximum absolute atomic E-state index is 12.0. The molecule has 2 heteroatoms. The smallest absolute Gasteiger partial charge is 0.166 e. The van der Waals surface area contributed by atoms with E-state index in [2.05, 4.69) is 6.92 Å². The molecule has 0 bridgehead atoms. The average molecular weight is 204 g/mol. The molecule has 1 aliphatic carbocycles. The second-order valence-corrected chi connectivity index (χ2v) is 4.36. The highest BCUT2D eigenvalue weighted by Crippen LogP contribution is 2.40. The first-order valence-electron chi connectivity index (χ1n) is 5.32. The van der Waals surface area contributed by atoms with Crippen LogP contribution in [-0.4, -0.2) is 12.9 Å². The van der Waals surface area contributed by atoms with Crippen LogP contribution in [0.25, 0.3) is 0 Å². The van der Waals surface area contributed by atoms with Crippen molar-refractivity contribution in [3.63, 3.8) is 0 Å². The summed E-state index contributed by atoms with van der Waals surface area (Å²) in [6.07, 6.45) is 1.05. The molecule has 1 aromatic rings. The lowest BCUT2D eigenvalue weighted by Crippen LogP contribution is -2.05. The first-order chi connectivity index (χ1) is 7.13. The number of aryl methyl sites for hydroxylation is 1. The zero-order valence-corrected chi connectivity index (χ0v) is 9.41. The third kappa shape index (κ3) is 1.89. The molecule has 0 saturated heterocycles. The Labute approximate surface area is 90.3 Å². The van der Waals surface area contributed by atoms with Crippen LogP contribution < -0.4 is 4.74 Å². The van der Waals surface area contributed by atoms with Crippen molar-refractivity contribution in [2.24, 2.45) is 11.8 Å². The lowest BCUT2D eigenvalue weighted by atomic mass is 10.0. The van der Waals surface area contributed by atoms with Crippen LogP contribution in [0.1, 0.15) is 29.3 Å². The topological polar surface area (TPSA) is 26.3 Å². The van der Waals surface area contributed by atoms with Crippen LogP contribution >= 0.6 is 0 Å². The van der Waals surface area contributed by atoms with E-state index in [9.17, 15) is 4.79 Å². The Bertz CT molecular complexity index is 396. The second-order valence-electron chi connectivity index (χ2n) is 4.36. The highest BCUT2D eigenvalue weighted by Gasteiger charge is 2.39. The molecule has 1 aromatic carbocycles. The highest BCUT2D eigenvalue weighted by atomic mass is 16.5. The molecule has 2 unspecified atom stereocenters. The van der Waals surface area contributed by atoms with Crippen LogP contribution in [0.2, 0.25) is 0 Å². The van der Waals surface area contributed by atoms with E-state index in [1.54, 1.807) is 7.11 Å². The van der Waals surface area contributed by atoms with Crippen molar-refractivity contribution in [1.82, 2.24) is 0 Å². The molecule has 1 saturated carbocycles. The van der Waals surface area contributed by atoms with E-state index < -0.39 is 0 Å². The molecule has 2 atom stereocenters. The van der Waals surface area contributed by atoms with E-state index in [1.165, 1.54) is 0 Å². The van der Waals surface area contributed by atoms with Crippen molar-refractivity contribution < 1.29 is 9.53 Å². The number of ketones is 1. The molecular weight excluding hydrogens is 188 g/mol. The van der Waals surface area contributed by atoms with Gasteiger partial charge in [-0.25, -0.2) is 0 Å². The zero-order valence-electron chi connectivity index (χ0n) is 9.41. The molecular formula is C13H16O2. The third-order valence-electron chi connectivity index (χ3n) is 3.15. The molecule has 2 nitrogen and oxygen atoms in total. The Morgan fingerprint density at radius 2 is 2.13 bits per heavy atom. The number of benzene rings is 1. The minimum absolute atomic E-state index is 0.261. The van der Waals surface area contributed by atoms with Crippen molar-refractivity contribution in [2.45, 2.75) is 20.3 Å². The van der Waals surface area contributed by atoms with Gasteiger partial charge in [0.1, 0.15) is 5.75 Å². The van der Waals surface area contributed by atoms with E-state index in [4.69, 9.17) is 4.74 Å². The summed E-state index contributed by atoms with van der Waals surface area (Å²) in [5.74, 6) is 1.94. The van der Waals surface area contributed by atoms with Gasteiger partial charge in [0.2, 0.25) is 0 Å². The van der Waals surface area contributed by atoms with E-state index in [0.717, 1.165) is 23.3 Å². The summed E-state index contributed by atoms with van der Waals surface area (Å²) in [5, 5.41) is 0. The molecule has 0 aromatic heterocycles. The maximum Gasteiger partial charge on any atom is 0.166 e. The van der Waals surface area contributed by atoms with Crippen LogP contribution in [-0.2, 0) is 0 Å². The standard InChI is InChI=1S/C13H16O2/c1-8-6-10(15-3)4-5-11(8)13(14)12-7-9(12)2/h4-6,9,12H,7H2,1-3H3. The molecule has 1 aliphatic rings. The number of Topliss-reactive ketones (excluding diaryl/α,β-unsaturated/α-hetero) is 1. The van der Waals surface area contributed by atoms with Crippen LogP contribution in [0.4, 0.5) is 0 Å². The van der Waals surface area contributed by atoms with E-state index in [0.29, 0.717) is 11.7 Å². The largest absolute Gasteiger partial charge is 0.497 e. The minimum atomic E-state index is 0.261. The number of ether oxygens (including phenoxy) is 1. The normalized spacial score (nSPS) is 23.7. The molecule has 80 valence electrons. The lowest BCUT2D eigenvalue weighted by Gasteiger charge is -2.06. The Morgan fingerprint density at radius 1 is 1.47 bits per heavy atom. The fraction of sp³-hybridized carbons (Fsp3) is 0.462. The van der Waals surface area contributed by atoms with E-state index in [1.807, 2.05) is 25.1 Å². The van der Waals surface area contributed by atoms with Gasteiger partial charge in [-0.15, -0.1) is 0 Å². The summed E-state index contributed by atoms with van der Waals surface area (Å²) in [4.78, 5) is 12.0. The van der Waals surface area contributed by atoms with Gasteiger partial charge in [0, 0.05) is 11.5 Å². The summed E-state index contributed by atoms with van der Waals surface area (Å²) >= 11 is 0. The number of carbonyl (C=O) groups is 1. The summed E-state index contributed by atoms with van der Waals surface area (Å²) in [7, 11) is 1.64. The second kappa shape index (κ2) is 3.69. The molecule has 0 radical (unpaired) electrons. The van der Waals surface area contributed by atoms with E-state index >= 15 is 0 Å². The number of methoxy groups -OCH3 is 1. The predicted octanol–water partition coefficient (Wildman–Crippen LogP) is 2.84. The van der Waals surface area contributed by atoms with Crippen LogP contribution in [0, 0.1) is 18.8 Å². The van der Waals surface area contributed by atoms with Gasteiger partial charge in [0.25, 0.3) is 0 Å². The molecule has 0 N–H and O–H groups in total. The van der Waals surface area contributed by atoms with Gasteiger partial charge in [-0.05, 0) is 43.0 Å². The summed E-state index contributed by atoms with van der Waals surface area (Å²) in [6, 6.07) is 5.65. The Morgan fingerprint density at radius 3 is 2.60 bits per heavy atom. The van der Waals surface area contributed by atoms with Gasteiger partial charge < -0.3 is 4.74 Å². The van der Waals surface area contributed by atoms with Gasteiger partial charge in [0.05, 0.1) is 7.11 Å². The number of rotatable bonds is 3. The van der Waals surface area contributed by atoms with Gasteiger partial charge in [-0.1, -0.05) is 6.92 Å². The third-order valence-corrected chi connectivity index (χ3v) is 3.15. The van der Waals surface area contributed by atoms with Crippen molar-refractivity contribution in [3.8, 4) is 5.75 Å². The number of hydrogen-bond donors (Lipinski definition) is 0. The zero-order chi connectivity index (χ0) is 11.0. The molecule has 15 heavy (non-hydrogen) atoms. The first-order valence-corrected chi connectivity index (χ1v) is 5.32. The van der Waals surface area contributed by atoms with Crippen molar-refractivity contribution in [3.05, 3.63) is 29.3 Å². The predicted molar refractivity (Wildman–Crippen MR) is 59.3 cm³/mol. The Balaban J connectivity index is 2.25. The fourth-order valence-electron chi connectivity index (χ4n) is 1.93. The molecule has 0 heterocycles. The first kappa shape index (κ1) is 10.2. The van der Waals surface area contributed by atoms with Gasteiger partial charge in [-0.3, -0.25) is 4.79 Å². The van der Waals surface area contributed by atoms with Gasteiger partial charge in [-0.2, -0.15) is 0 Å². The maximum atomic E-state index is 12.0. The average Bonchev–Trinajstić information content (AvgIpc) is 2.94. The van der Waals surface area contributed by atoms with Crippen molar-refractivity contribution in [1.29, 1.82) is 0 Å². The Hall–Kier alpha value is -1.31. The summed E-state index contributed by atoms with van der Waals surface area (Å²) in [5.41, 5.74) is 1.86. The highest BCUT2D eigenvalue weighted by molar-refractivity contribution is 6.00. The molecule has 0 amide bonds.